The molecule has 0 bridgehead atoms. The summed E-state index contributed by atoms with van der Waals surface area (Å²) in [5, 5.41) is 16.4. The van der Waals surface area contributed by atoms with Gasteiger partial charge in [-0.2, -0.15) is 0 Å². The van der Waals surface area contributed by atoms with Crippen LogP contribution in [0.5, 0.6) is 0 Å². The first-order valence-electron chi connectivity index (χ1n) is 10.3. The average Bonchev–Trinajstić information content (AvgIpc) is 2.92. The highest BCUT2D eigenvalue weighted by Crippen LogP contribution is 2.25. The van der Waals surface area contributed by atoms with E-state index in [4.69, 9.17) is 12.2 Å². The second-order valence-electron chi connectivity index (χ2n) is 7.95. The van der Waals surface area contributed by atoms with Crippen LogP contribution in [0.25, 0.3) is 11.4 Å². The smallest absolute Gasteiger partial charge is 0.171 e. The van der Waals surface area contributed by atoms with Crippen molar-refractivity contribution in [3.8, 4) is 11.4 Å². The fourth-order valence-corrected chi connectivity index (χ4v) is 4.54. The molecular formula is C21H29N5S. The standard InChI is InChI=1S/C21H29N5S/c1-15-7-4-5-8-18(15)23-21(27)22-17-12-10-16(11-13-17)20-25-24-19-9-3-2-6-14-26(19)20/h10-13,15,18H,2-9,14H2,1H3,(H2,22,23,27)/t15-,18-/m0/s1. The van der Waals surface area contributed by atoms with Gasteiger partial charge in [-0.25, -0.2) is 0 Å². The number of aromatic nitrogens is 3. The number of anilines is 1. The molecule has 27 heavy (non-hydrogen) atoms. The lowest BCUT2D eigenvalue weighted by molar-refractivity contribution is 0.309. The molecule has 1 aromatic heterocycles. The zero-order valence-corrected chi connectivity index (χ0v) is 16.9. The van der Waals surface area contributed by atoms with Crippen LogP contribution < -0.4 is 10.6 Å². The van der Waals surface area contributed by atoms with Gasteiger partial charge >= 0.3 is 0 Å². The molecule has 2 aliphatic rings. The maximum atomic E-state index is 5.53. The predicted molar refractivity (Wildman–Crippen MR) is 114 cm³/mol. The van der Waals surface area contributed by atoms with Gasteiger partial charge in [0.15, 0.2) is 10.9 Å². The van der Waals surface area contributed by atoms with Crippen molar-refractivity contribution >= 4 is 23.0 Å². The third kappa shape index (κ3) is 4.32. The number of nitrogens with one attached hydrogen (secondary N) is 2. The van der Waals surface area contributed by atoms with E-state index in [0.29, 0.717) is 12.0 Å². The molecule has 144 valence electrons. The van der Waals surface area contributed by atoms with Gasteiger partial charge in [-0.3, -0.25) is 0 Å². The maximum absolute atomic E-state index is 5.53. The largest absolute Gasteiger partial charge is 0.359 e. The molecule has 2 atom stereocenters. The molecule has 0 saturated heterocycles. The molecule has 2 N–H and O–H groups in total. The number of nitrogens with zero attached hydrogens (tertiary/aromatic N) is 3. The van der Waals surface area contributed by atoms with Crippen LogP contribution >= 0.6 is 12.2 Å². The zero-order valence-electron chi connectivity index (χ0n) is 16.1. The van der Waals surface area contributed by atoms with Crippen LogP contribution in [0.1, 0.15) is 57.7 Å². The van der Waals surface area contributed by atoms with Crippen LogP contribution in [0.15, 0.2) is 24.3 Å². The summed E-state index contributed by atoms with van der Waals surface area (Å²) < 4.78 is 2.28. The van der Waals surface area contributed by atoms with Crippen LogP contribution in [0, 0.1) is 5.92 Å². The summed E-state index contributed by atoms with van der Waals surface area (Å²) in [5.74, 6) is 2.79. The van der Waals surface area contributed by atoms with Crippen LogP contribution in [-0.4, -0.2) is 25.9 Å². The van der Waals surface area contributed by atoms with Crippen molar-refractivity contribution in [2.24, 2.45) is 5.92 Å². The molecule has 4 rings (SSSR count). The predicted octanol–water partition coefficient (Wildman–Crippen LogP) is 4.54. The molecule has 0 amide bonds. The molecule has 0 unspecified atom stereocenters. The van der Waals surface area contributed by atoms with Gasteiger partial charge in [-0.05, 0) is 68.1 Å². The minimum Gasteiger partial charge on any atom is -0.359 e. The van der Waals surface area contributed by atoms with E-state index < -0.39 is 0 Å². The van der Waals surface area contributed by atoms with E-state index >= 15 is 0 Å². The SMILES string of the molecule is C[C@H]1CCCC[C@@H]1NC(=S)Nc1ccc(-c2nnc3n2CCCCC3)cc1. The third-order valence-electron chi connectivity index (χ3n) is 5.94. The van der Waals surface area contributed by atoms with Crippen molar-refractivity contribution in [2.45, 2.75) is 70.9 Å². The van der Waals surface area contributed by atoms with Gasteiger partial charge in [0.1, 0.15) is 5.82 Å². The van der Waals surface area contributed by atoms with E-state index in [1.54, 1.807) is 0 Å². The number of aryl methyl sites for hydroxylation is 1. The summed E-state index contributed by atoms with van der Waals surface area (Å²) in [6, 6.07) is 8.86. The van der Waals surface area contributed by atoms with E-state index in [-0.39, 0.29) is 0 Å². The number of hydrogen-bond acceptors (Lipinski definition) is 3. The lowest BCUT2D eigenvalue weighted by Crippen LogP contribution is -2.43. The van der Waals surface area contributed by atoms with Crippen molar-refractivity contribution < 1.29 is 0 Å². The zero-order chi connectivity index (χ0) is 18.6. The van der Waals surface area contributed by atoms with E-state index in [1.807, 2.05) is 0 Å². The van der Waals surface area contributed by atoms with Gasteiger partial charge in [0.25, 0.3) is 0 Å². The Kier molecular flexibility index (Phi) is 5.72. The van der Waals surface area contributed by atoms with Gasteiger partial charge < -0.3 is 15.2 Å². The second-order valence-corrected chi connectivity index (χ2v) is 8.35. The van der Waals surface area contributed by atoms with Gasteiger partial charge in [0, 0.05) is 30.3 Å². The monoisotopic (exact) mass is 383 g/mol. The van der Waals surface area contributed by atoms with Gasteiger partial charge in [0.2, 0.25) is 0 Å². The summed E-state index contributed by atoms with van der Waals surface area (Å²) >= 11 is 5.53. The van der Waals surface area contributed by atoms with Crippen molar-refractivity contribution in [1.29, 1.82) is 0 Å². The van der Waals surface area contributed by atoms with E-state index in [2.05, 4.69) is 56.6 Å². The van der Waals surface area contributed by atoms with Gasteiger partial charge in [-0.15, -0.1) is 10.2 Å². The van der Waals surface area contributed by atoms with E-state index in [1.165, 1.54) is 44.9 Å². The molecule has 0 spiro atoms. The Bertz CT molecular complexity index is 782. The number of fused-ring (bicyclic) bond motifs is 1. The first-order chi connectivity index (χ1) is 13.2. The van der Waals surface area contributed by atoms with E-state index in [9.17, 15) is 0 Å². The van der Waals surface area contributed by atoms with Gasteiger partial charge in [0.05, 0.1) is 0 Å². The first kappa shape index (κ1) is 18.4. The molecule has 1 saturated carbocycles. The lowest BCUT2D eigenvalue weighted by atomic mass is 9.86. The highest BCUT2D eigenvalue weighted by molar-refractivity contribution is 7.80. The Labute approximate surface area is 167 Å². The van der Waals surface area contributed by atoms with Gasteiger partial charge in [-0.1, -0.05) is 26.2 Å². The minimum atomic E-state index is 0.490. The summed E-state index contributed by atoms with van der Waals surface area (Å²) in [6.45, 7) is 3.33. The molecule has 0 radical (unpaired) electrons. The Morgan fingerprint density at radius 2 is 1.85 bits per heavy atom. The lowest BCUT2D eigenvalue weighted by Gasteiger charge is -2.30. The Morgan fingerprint density at radius 1 is 1.04 bits per heavy atom. The second kappa shape index (κ2) is 8.38. The van der Waals surface area contributed by atoms with Crippen LogP contribution in [-0.2, 0) is 13.0 Å². The molecule has 1 aliphatic carbocycles. The van der Waals surface area contributed by atoms with Crippen molar-refractivity contribution in [3.05, 3.63) is 30.1 Å². The first-order valence-corrected chi connectivity index (χ1v) is 10.7. The van der Waals surface area contributed by atoms with Crippen LogP contribution in [0.4, 0.5) is 5.69 Å². The quantitative estimate of drug-likeness (QED) is 0.762. The summed E-state index contributed by atoms with van der Waals surface area (Å²) in [5.41, 5.74) is 2.12. The number of rotatable bonds is 3. The third-order valence-corrected chi connectivity index (χ3v) is 6.16. The Balaban J connectivity index is 1.40. The van der Waals surface area contributed by atoms with Crippen molar-refractivity contribution in [3.63, 3.8) is 0 Å². The molecule has 1 aliphatic heterocycles. The van der Waals surface area contributed by atoms with Crippen LogP contribution in [0.3, 0.4) is 0 Å². The topological polar surface area (TPSA) is 54.8 Å². The molecular weight excluding hydrogens is 354 g/mol. The molecule has 6 heteroatoms. The van der Waals surface area contributed by atoms with Crippen molar-refractivity contribution in [2.75, 3.05) is 5.32 Å². The van der Waals surface area contributed by atoms with Crippen molar-refractivity contribution in [1.82, 2.24) is 20.1 Å². The average molecular weight is 384 g/mol. The summed E-state index contributed by atoms with van der Waals surface area (Å²) in [7, 11) is 0. The summed E-state index contributed by atoms with van der Waals surface area (Å²) in [6.07, 6.45) is 9.86. The van der Waals surface area contributed by atoms with Crippen LogP contribution in [0.2, 0.25) is 0 Å². The fraction of sp³-hybridized carbons (Fsp3) is 0.571. The number of benzene rings is 1. The normalized spacial score (nSPS) is 22.6. The molecule has 2 aromatic rings. The maximum Gasteiger partial charge on any atom is 0.171 e. The minimum absolute atomic E-state index is 0.490. The Morgan fingerprint density at radius 3 is 2.67 bits per heavy atom. The molecule has 2 heterocycles. The highest BCUT2D eigenvalue weighted by Gasteiger charge is 2.21. The number of hydrogen-bond donors (Lipinski definition) is 2. The fourth-order valence-electron chi connectivity index (χ4n) is 4.27. The van der Waals surface area contributed by atoms with E-state index in [0.717, 1.165) is 41.0 Å². The number of thiocarbonyl (C=S) groups is 1. The molecule has 1 aromatic carbocycles. The summed E-state index contributed by atoms with van der Waals surface area (Å²) in [4.78, 5) is 0. The molecule has 1 fully saturated rings. The molecule has 5 nitrogen and oxygen atoms in total. The highest BCUT2D eigenvalue weighted by atomic mass is 32.1. The Hall–Kier alpha value is -1.95.